The summed E-state index contributed by atoms with van der Waals surface area (Å²) in [6.07, 6.45) is -14.2. The Balaban J connectivity index is 1.45. The highest BCUT2D eigenvalue weighted by Crippen LogP contribution is 2.38. The van der Waals surface area contributed by atoms with Gasteiger partial charge in [-0.15, -0.1) is 0 Å². The van der Waals surface area contributed by atoms with Gasteiger partial charge in [0.25, 0.3) is 0 Å². The molecule has 14 nitrogen and oxygen atoms in total. The Morgan fingerprint density at radius 3 is 2.14 bits per heavy atom. The van der Waals surface area contributed by atoms with Crippen LogP contribution in [0.2, 0.25) is 0 Å². The predicted octanol–water partition coefficient (Wildman–Crippen LogP) is 0.0250. The molecule has 10 atom stereocenters. The van der Waals surface area contributed by atoms with Crippen molar-refractivity contribution in [1.29, 1.82) is 0 Å². The first-order valence-corrected chi connectivity index (χ1v) is 13.3. The lowest BCUT2D eigenvalue weighted by atomic mass is 9.96. The summed E-state index contributed by atoms with van der Waals surface area (Å²) in [6.45, 7) is 3.16. The standard InChI is InChI=1S/C28H32O14/c1-3-15-18(32)20(34)22(36)28(40-15)41-24-10(2)38-27(23(37)21(24)35)42-26-19(33)17-14(31)8-13(30)9-16(17)39-25(26)11-4-6-12(29)7-5-11/h4-10,15,18,20-24,27-32,34-37H,3H2,1-2H3. The maximum Gasteiger partial charge on any atom is 0.239 e. The van der Waals surface area contributed by atoms with Gasteiger partial charge in [-0.05, 0) is 37.6 Å². The zero-order valence-corrected chi connectivity index (χ0v) is 22.5. The first-order valence-electron chi connectivity index (χ1n) is 13.3. The molecule has 0 bridgehead atoms. The van der Waals surface area contributed by atoms with Crippen LogP contribution >= 0.6 is 0 Å². The quantitative estimate of drug-likeness (QED) is 0.189. The lowest BCUT2D eigenvalue weighted by Crippen LogP contribution is -2.63. The van der Waals surface area contributed by atoms with Gasteiger partial charge >= 0.3 is 0 Å². The summed E-state index contributed by atoms with van der Waals surface area (Å²) >= 11 is 0. The van der Waals surface area contributed by atoms with Gasteiger partial charge in [-0.25, -0.2) is 0 Å². The molecule has 2 fully saturated rings. The van der Waals surface area contributed by atoms with Crippen molar-refractivity contribution < 1.29 is 64.2 Å². The van der Waals surface area contributed by atoms with Gasteiger partial charge in [0.1, 0.15) is 64.8 Å². The molecular weight excluding hydrogens is 560 g/mol. The largest absolute Gasteiger partial charge is 0.508 e. The van der Waals surface area contributed by atoms with Crippen LogP contribution in [0.25, 0.3) is 22.3 Å². The van der Waals surface area contributed by atoms with Crippen LogP contribution in [0.15, 0.2) is 45.6 Å². The molecule has 0 saturated carbocycles. The predicted molar refractivity (Wildman–Crippen MR) is 142 cm³/mol. The smallest absolute Gasteiger partial charge is 0.239 e. The van der Waals surface area contributed by atoms with Crippen LogP contribution in [0.5, 0.6) is 23.0 Å². The van der Waals surface area contributed by atoms with Crippen molar-refractivity contribution in [1.82, 2.24) is 0 Å². The lowest BCUT2D eigenvalue weighted by molar-refractivity contribution is -0.347. The van der Waals surface area contributed by atoms with Gasteiger partial charge in [-0.1, -0.05) is 6.92 Å². The highest BCUT2D eigenvalue weighted by Gasteiger charge is 2.50. The number of rotatable bonds is 6. The Morgan fingerprint density at radius 2 is 1.48 bits per heavy atom. The highest BCUT2D eigenvalue weighted by molar-refractivity contribution is 5.88. The Morgan fingerprint density at radius 1 is 0.810 bits per heavy atom. The van der Waals surface area contributed by atoms with Crippen LogP contribution < -0.4 is 10.2 Å². The highest BCUT2D eigenvalue weighted by atomic mass is 16.7. The third kappa shape index (κ3) is 5.39. The molecule has 2 aliphatic rings. The van der Waals surface area contributed by atoms with E-state index in [1.165, 1.54) is 31.2 Å². The number of hydrogen-bond donors (Lipinski definition) is 8. The molecule has 2 aliphatic heterocycles. The number of phenols is 3. The number of hydrogen-bond acceptors (Lipinski definition) is 14. The van der Waals surface area contributed by atoms with E-state index in [2.05, 4.69) is 0 Å². The van der Waals surface area contributed by atoms with E-state index in [0.29, 0.717) is 0 Å². The molecule has 2 aromatic carbocycles. The maximum absolute atomic E-state index is 13.6. The molecule has 14 heteroatoms. The number of aliphatic hydroxyl groups excluding tert-OH is 5. The van der Waals surface area contributed by atoms with Crippen molar-refractivity contribution in [3.05, 3.63) is 46.6 Å². The summed E-state index contributed by atoms with van der Waals surface area (Å²) in [5.41, 5.74) is -0.812. The second kappa shape index (κ2) is 11.7. The van der Waals surface area contributed by atoms with Gasteiger partial charge < -0.3 is 64.2 Å². The lowest BCUT2D eigenvalue weighted by Gasteiger charge is -2.45. The van der Waals surface area contributed by atoms with E-state index in [9.17, 15) is 45.6 Å². The number of fused-ring (bicyclic) bond motifs is 1. The van der Waals surface area contributed by atoms with Crippen molar-refractivity contribution in [2.75, 3.05) is 0 Å². The maximum atomic E-state index is 13.6. The Hall–Kier alpha value is -3.47. The van der Waals surface area contributed by atoms with Gasteiger partial charge in [0.15, 0.2) is 12.1 Å². The summed E-state index contributed by atoms with van der Waals surface area (Å²) in [6, 6.07) is 7.53. The van der Waals surface area contributed by atoms with Crippen molar-refractivity contribution in [3.8, 4) is 34.3 Å². The molecule has 0 spiro atoms. The second-order valence-electron chi connectivity index (χ2n) is 10.3. The van der Waals surface area contributed by atoms with Crippen molar-refractivity contribution in [2.24, 2.45) is 0 Å². The van der Waals surface area contributed by atoms with Crippen LogP contribution in [0, 0.1) is 0 Å². The molecule has 0 amide bonds. The van der Waals surface area contributed by atoms with E-state index in [-0.39, 0.29) is 40.2 Å². The minimum atomic E-state index is -1.83. The molecule has 5 rings (SSSR count). The topological polar surface area (TPSA) is 229 Å². The molecule has 42 heavy (non-hydrogen) atoms. The number of aliphatic hydroxyl groups is 5. The Kier molecular flexibility index (Phi) is 8.33. The van der Waals surface area contributed by atoms with Gasteiger partial charge in [0, 0.05) is 17.7 Å². The normalized spacial score (nSPS) is 33.5. The van der Waals surface area contributed by atoms with E-state index >= 15 is 0 Å². The molecule has 10 unspecified atom stereocenters. The number of benzene rings is 2. The van der Waals surface area contributed by atoms with Gasteiger partial charge in [0.05, 0.1) is 12.2 Å². The van der Waals surface area contributed by atoms with Crippen molar-refractivity contribution >= 4 is 11.0 Å². The van der Waals surface area contributed by atoms with E-state index in [1.807, 2.05) is 0 Å². The molecule has 2 saturated heterocycles. The zero-order chi connectivity index (χ0) is 30.5. The fourth-order valence-electron chi connectivity index (χ4n) is 5.11. The summed E-state index contributed by atoms with van der Waals surface area (Å²) in [4.78, 5) is 13.6. The average molecular weight is 593 g/mol. The minimum Gasteiger partial charge on any atom is -0.508 e. The fourth-order valence-corrected chi connectivity index (χ4v) is 5.11. The van der Waals surface area contributed by atoms with Gasteiger partial charge in [-0.2, -0.15) is 0 Å². The van der Waals surface area contributed by atoms with Crippen molar-refractivity contribution in [3.63, 3.8) is 0 Å². The molecule has 8 N–H and O–H groups in total. The Labute approximate surface area is 238 Å². The van der Waals surface area contributed by atoms with Crippen LogP contribution in [-0.4, -0.2) is 102 Å². The first-order chi connectivity index (χ1) is 19.9. The summed E-state index contributed by atoms with van der Waals surface area (Å²) in [5.74, 6) is -1.75. The van der Waals surface area contributed by atoms with E-state index in [1.54, 1.807) is 6.92 Å². The molecule has 0 aliphatic carbocycles. The van der Waals surface area contributed by atoms with E-state index in [0.717, 1.165) is 12.1 Å². The summed E-state index contributed by atoms with van der Waals surface area (Å²) in [5, 5.41) is 82.2. The third-order valence-corrected chi connectivity index (χ3v) is 7.42. The van der Waals surface area contributed by atoms with Crippen LogP contribution in [0.4, 0.5) is 0 Å². The molecule has 3 aromatic rings. The SMILES string of the molecule is CCC1OC(OC2C(C)OC(Oc3c(-c4ccc(O)cc4)oc4cc(O)cc(O)c4c3=O)C(O)C2O)C(O)C(O)C1O. The van der Waals surface area contributed by atoms with E-state index < -0.39 is 78.3 Å². The van der Waals surface area contributed by atoms with Gasteiger partial charge in [-0.3, -0.25) is 4.79 Å². The molecular formula is C28H32O14. The molecule has 3 heterocycles. The zero-order valence-electron chi connectivity index (χ0n) is 22.5. The molecule has 228 valence electrons. The van der Waals surface area contributed by atoms with Crippen LogP contribution in [-0.2, 0) is 14.2 Å². The summed E-state index contributed by atoms with van der Waals surface area (Å²) in [7, 11) is 0. The number of phenolic OH excluding ortho intramolecular Hbond substituents is 3. The third-order valence-electron chi connectivity index (χ3n) is 7.42. The van der Waals surface area contributed by atoms with Crippen molar-refractivity contribution in [2.45, 2.75) is 81.7 Å². The monoisotopic (exact) mass is 592 g/mol. The Bertz CT molecular complexity index is 1470. The van der Waals surface area contributed by atoms with Gasteiger partial charge in [0.2, 0.25) is 17.5 Å². The molecule has 0 radical (unpaired) electrons. The van der Waals surface area contributed by atoms with Crippen LogP contribution in [0.1, 0.15) is 20.3 Å². The average Bonchev–Trinajstić information content (AvgIpc) is 2.95. The molecule has 1 aromatic heterocycles. The second-order valence-corrected chi connectivity index (χ2v) is 10.3. The number of aromatic hydroxyl groups is 3. The minimum absolute atomic E-state index is 0.0759. The fraction of sp³-hybridized carbons (Fsp3) is 0.464. The first kappa shape index (κ1) is 30.0. The van der Waals surface area contributed by atoms with E-state index in [4.69, 9.17) is 23.4 Å². The number of ether oxygens (including phenoxy) is 4. The summed E-state index contributed by atoms with van der Waals surface area (Å²) < 4.78 is 28.6. The van der Waals surface area contributed by atoms with Crippen LogP contribution in [0.3, 0.4) is 0 Å².